The zero-order chi connectivity index (χ0) is 12.8. The Bertz CT molecular complexity index is 564. The lowest BCUT2D eigenvalue weighted by molar-refractivity contribution is 0.511. The van der Waals surface area contributed by atoms with Gasteiger partial charge in [0.1, 0.15) is 5.82 Å². The molecule has 2 heterocycles. The second-order valence-corrected chi connectivity index (χ2v) is 6.75. The van der Waals surface area contributed by atoms with Gasteiger partial charge in [-0.1, -0.05) is 0 Å². The third-order valence-corrected chi connectivity index (χ3v) is 4.57. The van der Waals surface area contributed by atoms with Crippen LogP contribution in [0.1, 0.15) is 32.5 Å². The van der Waals surface area contributed by atoms with Gasteiger partial charge < -0.3 is 10.1 Å². The van der Waals surface area contributed by atoms with Crippen molar-refractivity contribution in [2.24, 2.45) is 11.7 Å². The summed E-state index contributed by atoms with van der Waals surface area (Å²) in [7, 11) is 0. The zero-order valence-corrected chi connectivity index (χ0v) is 11.7. The van der Waals surface area contributed by atoms with Crippen molar-refractivity contribution in [1.82, 2.24) is 9.38 Å². The van der Waals surface area contributed by atoms with Crippen LogP contribution in [0.15, 0.2) is 29.4 Å². The Kier molecular flexibility index (Phi) is 2.87. The molecule has 3 rings (SSSR count). The third-order valence-electron chi connectivity index (χ3n) is 3.28. The van der Waals surface area contributed by atoms with Gasteiger partial charge in [-0.25, -0.2) is 4.98 Å². The van der Waals surface area contributed by atoms with Crippen LogP contribution < -0.4 is 5.73 Å². The molecule has 1 saturated carbocycles. The van der Waals surface area contributed by atoms with E-state index in [0.717, 1.165) is 11.7 Å². The van der Waals surface area contributed by atoms with Crippen LogP contribution in [0.2, 0.25) is 0 Å². The Morgan fingerprint density at radius 1 is 1.50 bits per heavy atom. The molecule has 18 heavy (non-hydrogen) atoms. The highest BCUT2D eigenvalue weighted by Crippen LogP contribution is 2.36. The highest BCUT2D eigenvalue weighted by atomic mass is 32.2. The third kappa shape index (κ3) is 2.27. The van der Waals surface area contributed by atoms with Gasteiger partial charge in [-0.15, -0.1) is 11.8 Å². The van der Waals surface area contributed by atoms with Gasteiger partial charge in [-0.05, 0) is 44.7 Å². The Morgan fingerprint density at radius 3 is 2.94 bits per heavy atom. The second kappa shape index (κ2) is 4.28. The predicted octanol–water partition coefficient (Wildman–Crippen LogP) is 3.03. The molecule has 0 radical (unpaired) electrons. The monoisotopic (exact) mass is 261 g/mol. The van der Waals surface area contributed by atoms with E-state index in [2.05, 4.69) is 21.5 Å². The van der Waals surface area contributed by atoms with E-state index in [1.54, 1.807) is 0 Å². The van der Waals surface area contributed by atoms with Gasteiger partial charge in [0.25, 0.3) is 0 Å². The maximum Gasteiger partial charge on any atom is 0.132 e. The molecule has 0 amide bonds. The van der Waals surface area contributed by atoms with Crippen LogP contribution in [0.25, 0.3) is 5.52 Å². The molecule has 0 aliphatic heterocycles. The lowest BCUT2D eigenvalue weighted by Crippen LogP contribution is -2.31. The van der Waals surface area contributed by atoms with Crippen molar-refractivity contribution in [2.45, 2.75) is 37.1 Å². The van der Waals surface area contributed by atoms with Gasteiger partial charge in [0.05, 0.1) is 17.3 Å². The van der Waals surface area contributed by atoms with Gasteiger partial charge >= 0.3 is 0 Å². The Morgan fingerprint density at radius 2 is 2.28 bits per heavy atom. The number of hydrogen-bond donors (Lipinski definition) is 1. The summed E-state index contributed by atoms with van der Waals surface area (Å²) in [4.78, 5) is 5.81. The Labute approximate surface area is 112 Å². The van der Waals surface area contributed by atoms with Crippen LogP contribution in [-0.4, -0.2) is 15.1 Å². The molecule has 1 aliphatic rings. The minimum absolute atomic E-state index is 0.411. The molecule has 0 spiro atoms. The van der Waals surface area contributed by atoms with Crippen LogP contribution in [-0.2, 0) is 5.54 Å². The van der Waals surface area contributed by atoms with E-state index in [-0.39, 0.29) is 0 Å². The Balaban J connectivity index is 1.97. The summed E-state index contributed by atoms with van der Waals surface area (Å²) in [6.45, 7) is 3.98. The molecule has 0 atom stereocenters. The van der Waals surface area contributed by atoms with Gasteiger partial charge in [0.2, 0.25) is 0 Å². The quantitative estimate of drug-likeness (QED) is 0.860. The molecule has 0 unspecified atom stereocenters. The first-order valence-electron chi connectivity index (χ1n) is 6.44. The average Bonchev–Trinajstić information content (AvgIpc) is 3.01. The van der Waals surface area contributed by atoms with Gasteiger partial charge in [0.15, 0.2) is 0 Å². The zero-order valence-electron chi connectivity index (χ0n) is 10.9. The van der Waals surface area contributed by atoms with Crippen molar-refractivity contribution in [3.05, 3.63) is 30.4 Å². The maximum absolute atomic E-state index is 6.16. The van der Waals surface area contributed by atoms with E-state index in [9.17, 15) is 0 Å². The summed E-state index contributed by atoms with van der Waals surface area (Å²) in [5, 5.41) is 0. The number of aromatic nitrogens is 2. The highest BCUT2D eigenvalue weighted by Gasteiger charge is 2.23. The van der Waals surface area contributed by atoms with Gasteiger partial charge in [0, 0.05) is 16.8 Å². The lowest BCUT2D eigenvalue weighted by Gasteiger charge is -2.17. The number of thioether (sulfide) groups is 1. The van der Waals surface area contributed by atoms with E-state index in [4.69, 9.17) is 5.73 Å². The molecule has 2 aromatic rings. The molecular weight excluding hydrogens is 242 g/mol. The number of pyridine rings is 1. The largest absolute Gasteiger partial charge is 0.319 e. The highest BCUT2D eigenvalue weighted by molar-refractivity contribution is 7.99. The molecule has 2 aromatic heterocycles. The molecule has 3 nitrogen and oxygen atoms in total. The topological polar surface area (TPSA) is 43.3 Å². The number of imidazole rings is 1. The minimum Gasteiger partial charge on any atom is -0.319 e. The Hall–Kier alpha value is -1.00. The van der Waals surface area contributed by atoms with Crippen molar-refractivity contribution in [3.8, 4) is 0 Å². The molecule has 0 saturated heterocycles. The van der Waals surface area contributed by atoms with Crippen molar-refractivity contribution in [2.75, 3.05) is 5.75 Å². The summed E-state index contributed by atoms with van der Waals surface area (Å²) >= 11 is 1.94. The summed E-state index contributed by atoms with van der Waals surface area (Å²) < 4.78 is 2.12. The minimum atomic E-state index is -0.411. The van der Waals surface area contributed by atoms with Crippen LogP contribution in [0, 0.1) is 5.92 Å². The van der Waals surface area contributed by atoms with Crippen LogP contribution in [0.4, 0.5) is 0 Å². The first-order chi connectivity index (χ1) is 8.55. The SMILES string of the molecule is CC(C)(N)c1ncc2c(SCC3CC3)cccn12. The fourth-order valence-corrected chi connectivity index (χ4v) is 3.31. The normalized spacial score (nSPS) is 16.4. The summed E-state index contributed by atoms with van der Waals surface area (Å²) in [6, 6.07) is 4.26. The fourth-order valence-electron chi connectivity index (χ4n) is 2.09. The average molecular weight is 261 g/mol. The first-order valence-corrected chi connectivity index (χ1v) is 7.42. The molecule has 1 aliphatic carbocycles. The molecule has 0 aromatic carbocycles. The standard InChI is InChI=1S/C14H19N3S/c1-14(2,15)13-16-8-11-12(4-3-7-17(11)13)18-9-10-5-6-10/h3-4,7-8,10H,5-6,9,15H2,1-2H3. The lowest BCUT2D eigenvalue weighted by atomic mass is 10.1. The number of rotatable bonds is 4. The number of nitrogens with two attached hydrogens (primary N) is 1. The molecule has 4 heteroatoms. The summed E-state index contributed by atoms with van der Waals surface area (Å²) in [6.07, 6.45) is 6.79. The van der Waals surface area contributed by atoms with Crippen LogP contribution >= 0.6 is 11.8 Å². The molecule has 2 N–H and O–H groups in total. The van der Waals surface area contributed by atoms with E-state index in [1.807, 2.05) is 38.0 Å². The van der Waals surface area contributed by atoms with Gasteiger partial charge in [-0.3, -0.25) is 0 Å². The van der Waals surface area contributed by atoms with Gasteiger partial charge in [-0.2, -0.15) is 0 Å². The number of fused-ring (bicyclic) bond motifs is 1. The summed E-state index contributed by atoms with van der Waals surface area (Å²) in [5.41, 5.74) is 6.93. The fraction of sp³-hybridized carbons (Fsp3) is 0.500. The van der Waals surface area contributed by atoms with E-state index in [1.165, 1.54) is 29.0 Å². The van der Waals surface area contributed by atoms with E-state index < -0.39 is 5.54 Å². The second-order valence-electron chi connectivity index (χ2n) is 5.69. The van der Waals surface area contributed by atoms with E-state index >= 15 is 0 Å². The molecule has 96 valence electrons. The van der Waals surface area contributed by atoms with Crippen LogP contribution in [0.3, 0.4) is 0 Å². The number of nitrogens with zero attached hydrogens (tertiary/aromatic N) is 2. The van der Waals surface area contributed by atoms with E-state index in [0.29, 0.717) is 0 Å². The molecule has 0 bridgehead atoms. The predicted molar refractivity (Wildman–Crippen MR) is 75.9 cm³/mol. The van der Waals surface area contributed by atoms with Crippen molar-refractivity contribution in [3.63, 3.8) is 0 Å². The van der Waals surface area contributed by atoms with Crippen molar-refractivity contribution >= 4 is 17.3 Å². The molecular formula is C14H19N3S. The maximum atomic E-state index is 6.16. The first kappa shape index (κ1) is 12.1. The summed E-state index contributed by atoms with van der Waals surface area (Å²) in [5.74, 6) is 3.08. The van der Waals surface area contributed by atoms with Crippen molar-refractivity contribution < 1.29 is 0 Å². The number of hydrogen-bond acceptors (Lipinski definition) is 3. The smallest absolute Gasteiger partial charge is 0.132 e. The van der Waals surface area contributed by atoms with Crippen LogP contribution in [0.5, 0.6) is 0 Å². The molecule has 1 fully saturated rings. The van der Waals surface area contributed by atoms with Crippen molar-refractivity contribution in [1.29, 1.82) is 0 Å².